The predicted octanol–water partition coefficient (Wildman–Crippen LogP) is 1.53. The highest BCUT2D eigenvalue weighted by atomic mass is 16.5. The van der Waals surface area contributed by atoms with Crippen LogP contribution in [0.15, 0.2) is 12.3 Å². The Hall–Kier alpha value is -1.36. The van der Waals surface area contributed by atoms with E-state index >= 15 is 0 Å². The van der Waals surface area contributed by atoms with Crippen LogP contribution < -0.4 is 10.2 Å². The summed E-state index contributed by atoms with van der Waals surface area (Å²) in [5, 5.41) is 3.21. The van der Waals surface area contributed by atoms with E-state index < -0.39 is 0 Å². The Labute approximate surface area is 102 Å². The lowest BCUT2D eigenvalue weighted by molar-refractivity contribution is 0.197. The molecule has 17 heavy (non-hydrogen) atoms. The van der Waals surface area contributed by atoms with Crippen LogP contribution in [0.3, 0.4) is 0 Å². The lowest BCUT2D eigenvalue weighted by Gasteiger charge is -2.16. The second-order valence-electron chi connectivity index (χ2n) is 4.21. The number of aromatic nitrogens is 2. The number of hydrogen-bond acceptors (Lipinski definition) is 5. The zero-order valence-electron chi connectivity index (χ0n) is 10.4. The van der Waals surface area contributed by atoms with Crippen LogP contribution in [-0.2, 0) is 4.74 Å². The Morgan fingerprint density at radius 2 is 2.24 bits per heavy atom. The van der Waals surface area contributed by atoms with Gasteiger partial charge in [0.1, 0.15) is 5.82 Å². The van der Waals surface area contributed by atoms with Crippen molar-refractivity contribution in [3.63, 3.8) is 0 Å². The van der Waals surface area contributed by atoms with E-state index in [2.05, 4.69) is 20.2 Å². The number of ether oxygens (including phenoxy) is 1. The summed E-state index contributed by atoms with van der Waals surface area (Å²) in [6.07, 6.45) is 5.31. The summed E-state index contributed by atoms with van der Waals surface area (Å²) >= 11 is 0. The number of anilines is 2. The third-order valence-corrected chi connectivity index (χ3v) is 2.88. The fourth-order valence-electron chi connectivity index (χ4n) is 1.97. The molecule has 0 amide bonds. The smallest absolute Gasteiger partial charge is 0.224 e. The predicted molar refractivity (Wildman–Crippen MR) is 68.5 cm³/mol. The molecule has 1 aromatic rings. The Kier molecular flexibility index (Phi) is 4.55. The Morgan fingerprint density at radius 3 is 3.00 bits per heavy atom. The van der Waals surface area contributed by atoms with Crippen LogP contribution in [0.4, 0.5) is 11.8 Å². The molecular weight excluding hydrogens is 216 g/mol. The van der Waals surface area contributed by atoms with Crippen molar-refractivity contribution in [1.82, 2.24) is 9.97 Å². The Bertz CT molecular complexity index is 339. The molecule has 1 aromatic heterocycles. The van der Waals surface area contributed by atoms with Crippen LogP contribution in [0.1, 0.15) is 19.3 Å². The molecular formula is C12H20N4O. The maximum absolute atomic E-state index is 5.00. The van der Waals surface area contributed by atoms with E-state index in [0.29, 0.717) is 5.95 Å². The van der Waals surface area contributed by atoms with Crippen LogP contribution >= 0.6 is 0 Å². The first kappa shape index (κ1) is 12.1. The van der Waals surface area contributed by atoms with E-state index in [0.717, 1.165) is 38.5 Å². The van der Waals surface area contributed by atoms with Gasteiger partial charge >= 0.3 is 0 Å². The molecule has 0 bridgehead atoms. The third-order valence-electron chi connectivity index (χ3n) is 2.88. The Balaban J connectivity index is 1.87. The summed E-state index contributed by atoms with van der Waals surface area (Å²) in [6, 6.07) is 1.98. The van der Waals surface area contributed by atoms with E-state index in [9.17, 15) is 0 Å². The number of rotatable bonds is 6. The van der Waals surface area contributed by atoms with Gasteiger partial charge in [0.15, 0.2) is 0 Å². The molecule has 0 unspecified atom stereocenters. The maximum atomic E-state index is 5.00. The van der Waals surface area contributed by atoms with Crippen LogP contribution in [0.25, 0.3) is 0 Å². The van der Waals surface area contributed by atoms with Gasteiger partial charge in [-0.2, -0.15) is 4.98 Å². The molecule has 5 heteroatoms. The molecule has 0 spiro atoms. The molecule has 5 nitrogen and oxygen atoms in total. The lowest BCUT2D eigenvalue weighted by atomic mass is 10.4. The molecule has 1 aliphatic heterocycles. The van der Waals surface area contributed by atoms with Crippen molar-refractivity contribution in [3.05, 3.63) is 12.3 Å². The summed E-state index contributed by atoms with van der Waals surface area (Å²) < 4.78 is 5.00. The van der Waals surface area contributed by atoms with Crippen LogP contribution in [0.5, 0.6) is 0 Å². The maximum Gasteiger partial charge on any atom is 0.224 e. The molecule has 94 valence electrons. The van der Waals surface area contributed by atoms with Gasteiger partial charge in [-0.25, -0.2) is 4.98 Å². The number of nitrogens with zero attached hydrogens (tertiary/aromatic N) is 3. The highest BCUT2D eigenvalue weighted by Crippen LogP contribution is 2.17. The molecule has 1 aliphatic rings. The van der Waals surface area contributed by atoms with Gasteiger partial charge in [-0.05, 0) is 25.3 Å². The molecule has 1 fully saturated rings. The van der Waals surface area contributed by atoms with Gasteiger partial charge in [0.25, 0.3) is 0 Å². The molecule has 0 saturated carbocycles. The monoisotopic (exact) mass is 236 g/mol. The van der Waals surface area contributed by atoms with Crippen LogP contribution in [0, 0.1) is 0 Å². The summed E-state index contributed by atoms with van der Waals surface area (Å²) in [4.78, 5) is 11.0. The highest BCUT2D eigenvalue weighted by molar-refractivity contribution is 5.43. The number of methoxy groups -OCH3 is 1. The zero-order chi connectivity index (χ0) is 11.9. The minimum atomic E-state index is 0.713. The van der Waals surface area contributed by atoms with Gasteiger partial charge in [-0.15, -0.1) is 0 Å². The zero-order valence-corrected chi connectivity index (χ0v) is 10.4. The highest BCUT2D eigenvalue weighted by Gasteiger charge is 2.13. The molecule has 2 heterocycles. The number of nitrogens with one attached hydrogen (secondary N) is 1. The average Bonchev–Trinajstić information content (AvgIpc) is 2.89. The topological polar surface area (TPSA) is 50.3 Å². The SMILES string of the molecule is COCCCNc1nccc(N2CCCC2)n1. The van der Waals surface area contributed by atoms with Gasteiger partial charge in [-0.3, -0.25) is 0 Å². The fourth-order valence-corrected chi connectivity index (χ4v) is 1.97. The van der Waals surface area contributed by atoms with Gasteiger partial charge in [-0.1, -0.05) is 0 Å². The molecule has 1 N–H and O–H groups in total. The molecule has 0 radical (unpaired) electrons. The van der Waals surface area contributed by atoms with E-state index in [4.69, 9.17) is 4.74 Å². The normalized spacial score (nSPS) is 15.2. The van der Waals surface area contributed by atoms with Gasteiger partial charge in [0, 0.05) is 39.5 Å². The van der Waals surface area contributed by atoms with Gasteiger partial charge in [0.2, 0.25) is 5.95 Å². The van der Waals surface area contributed by atoms with Crippen molar-refractivity contribution in [2.24, 2.45) is 0 Å². The lowest BCUT2D eigenvalue weighted by Crippen LogP contribution is -2.19. The molecule has 2 rings (SSSR count). The van der Waals surface area contributed by atoms with Crippen LogP contribution in [0.2, 0.25) is 0 Å². The van der Waals surface area contributed by atoms with Crippen molar-refractivity contribution in [2.75, 3.05) is 43.6 Å². The first-order chi connectivity index (χ1) is 8.40. The fraction of sp³-hybridized carbons (Fsp3) is 0.667. The molecule has 1 saturated heterocycles. The minimum absolute atomic E-state index is 0.713. The quantitative estimate of drug-likeness (QED) is 0.759. The largest absolute Gasteiger partial charge is 0.385 e. The first-order valence-electron chi connectivity index (χ1n) is 6.21. The summed E-state index contributed by atoms with van der Waals surface area (Å²) in [6.45, 7) is 3.83. The van der Waals surface area contributed by atoms with E-state index in [-0.39, 0.29) is 0 Å². The second kappa shape index (κ2) is 6.39. The van der Waals surface area contributed by atoms with Crippen molar-refractivity contribution < 1.29 is 4.74 Å². The van der Waals surface area contributed by atoms with Crippen molar-refractivity contribution in [1.29, 1.82) is 0 Å². The van der Waals surface area contributed by atoms with Crippen LogP contribution in [-0.4, -0.2) is 43.3 Å². The molecule has 0 atom stereocenters. The average molecular weight is 236 g/mol. The summed E-state index contributed by atoms with van der Waals surface area (Å²) in [5.74, 6) is 1.75. The standard InChI is InChI=1S/C12H20N4O/c1-17-10-4-6-13-12-14-7-5-11(15-12)16-8-2-3-9-16/h5,7H,2-4,6,8-10H2,1H3,(H,13,14,15). The molecule has 0 aliphatic carbocycles. The van der Waals surface area contributed by atoms with Crippen molar-refractivity contribution in [3.8, 4) is 0 Å². The van der Waals surface area contributed by atoms with Crippen molar-refractivity contribution >= 4 is 11.8 Å². The van der Waals surface area contributed by atoms with E-state index in [1.54, 1.807) is 7.11 Å². The van der Waals surface area contributed by atoms with E-state index in [1.165, 1.54) is 12.8 Å². The van der Waals surface area contributed by atoms with E-state index in [1.807, 2.05) is 12.3 Å². The third kappa shape index (κ3) is 3.56. The summed E-state index contributed by atoms with van der Waals surface area (Å²) in [5.41, 5.74) is 0. The van der Waals surface area contributed by atoms with Crippen molar-refractivity contribution in [2.45, 2.75) is 19.3 Å². The first-order valence-corrected chi connectivity index (χ1v) is 6.21. The molecule has 0 aromatic carbocycles. The Morgan fingerprint density at radius 1 is 1.41 bits per heavy atom. The summed E-state index contributed by atoms with van der Waals surface area (Å²) in [7, 11) is 1.71. The van der Waals surface area contributed by atoms with Gasteiger partial charge in [0.05, 0.1) is 0 Å². The second-order valence-corrected chi connectivity index (χ2v) is 4.21. The van der Waals surface area contributed by atoms with Gasteiger partial charge < -0.3 is 15.0 Å². The number of hydrogen-bond donors (Lipinski definition) is 1. The minimum Gasteiger partial charge on any atom is -0.385 e.